The van der Waals surface area contributed by atoms with Gasteiger partial charge < -0.3 is 10.1 Å². The molecular formula is C14H27NO. The van der Waals surface area contributed by atoms with E-state index in [-0.39, 0.29) is 5.60 Å². The van der Waals surface area contributed by atoms with Gasteiger partial charge in [0, 0.05) is 12.6 Å². The Labute approximate surface area is 100 Å². The summed E-state index contributed by atoms with van der Waals surface area (Å²) in [5.74, 6) is 0.850. The van der Waals surface area contributed by atoms with E-state index in [9.17, 15) is 0 Å². The molecule has 0 amide bonds. The van der Waals surface area contributed by atoms with Crippen LogP contribution in [0.5, 0.6) is 0 Å². The van der Waals surface area contributed by atoms with Gasteiger partial charge in [-0.1, -0.05) is 19.8 Å². The Morgan fingerprint density at radius 1 is 1.25 bits per heavy atom. The average Bonchev–Trinajstić information content (AvgIpc) is 2.80. The fraction of sp³-hybridized carbons (Fsp3) is 1.00. The molecular weight excluding hydrogens is 198 g/mol. The molecule has 0 radical (unpaired) electrons. The molecule has 2 rings (SSSR count). The molecule has 2 nitrogen and oxygen atoms in total. The van der Waals surface area contributed by atoms with Crippen molar-refractivity contribution in [3.8, 4) is 0 Å². The summed E-state index contributed by atoms with van der Waals surface area (Å²) in [6.07, 6.45) is 9.46. The molecule has 2 heteroatoms. The third kappa shape index (κ3) is 2.60. The summed E-state index contributed by atoms with van der Waals surface area (Å²) in [4.78, 5) is 0. The van der Waals surface area contributed by atoms with Crippen LogP contribution in [0.4, 0.5) is 0 Å². The molecule has 1 aliphatic carbocycles. The van der Waals surface area contributed by atoms with Gasteiger partial charge in [0.2, 0.25) is 0 Å². The maximum Gasteiger partial charge on any atom is 0.0809 e. The third-order valence-electron chi connectivity index (χ3n) is 4.45. The fourth-order valence-corrected chi connectivity index (χ4v) is 3.59. The predicted octanol–water partition coefficient (Wildman–Crippen LogP) is 3.11. The maximum absolute atomic E-state index is 6.13. The monoisotopic (exact) mass is 225 g/mol. The van der Waals surface area contributed by atoms with Crippen molar-refractivity contribution in [1.82, 2.24) is 5.32 Å². The minimum atomic E-state index is 0.100. The van der Waals surface area contributed by atoms with Gasteiger partial charge in [-0.3, -0.25) is 0 Å². The SMILES string of the molecule is CCNC(C1CCCC1)C1(C)CCCCO1. The smallest absolute Gasteiger partial charge is 0.0809 e. The first-order valence-corrected chi connectivity index (χ1v) is 7.13. The molecule has 0 aromatic rings. The zero-order chi connectivity index (χ0) is 11.4. The van der Waals surface area contributed by atoms with Gasteiger partial charge in [0.05, 0.1) is 5.60 Å². The molecule has 0 aromatic carbocycles. The topological polar surface area (TPSA) is 21.3 Å². The number of hydrogen-bond acceptors (Lipinski definition) is 2. The second-order valence-electron chi connectivity index (χ2n) is 5.70. The lowest BCUT2D eigenvalue weighted by Gasteiger charge is -2.44. The van der Waals surface area contributed by atoms with Crippen LogP contribution in [0.1, 0.15) is 58.8 Å². The zero-order valence-corrected chi connectivity index (χ0v) is 10.9. The molecule has 2 atom stereocenters. The highest BCUT2D eigenvalue weighted by Crippen LogP contribution is 2.37. The minimum absolute atomic E-state index is 0.100. The first-order valence-electron chi connectivity index (χ1n) is 7.13. The first kappa shape index (κ1) is 12.4. The molecule has 1 saturated heterocycles. The zero-order valence-electron chi connectivity index (χ0n) is 10.9. The van der Waals surface area contributed by atoms with Crippen LogP contribution in [0.2, 0.25) is 0 Å². The predicted molar refractivity (Wildman–Crippen MR) is 67.6 cm³/mol. The normalized spacial score (nSPS) is 34.1. The number of ether oxygens (including phenoxy) is 1. The molecule has 0 bridgehead atoms. The van der Waals surface area contributed by atoms with E-state index in [1.54, 1.807) is 0 Å². The Bertz CT molecular complexity index is 205. The molecule has 2 fully saturated rings. The molecule has 16 heavy (non-hydrogen) atoms. The summed E-state index contributed by atoms with van der Waals surface area (Å²) in [6.45, 7) is 6.58. The molecule has 0 aromatic heterocycles. The molecule has 2 unspecified atom stereocenters. The summed E-state index contributed by atoms with van der Waals surface area (Å²) in [6, 6.07) is 0.584. The highest BCUT2D eigenvalue weighted by Gasteiger charge is 2.41. The largest absolute Gasteiger partial charge is 0.374 e. The molecule has 1 heterocycles. The summed E-state index contributed by atoms with van der Waals surface area (Å²) in [5.41, 5.74) is 0.100. The van der Waals surface area contributed by atoms with E-state index < -0.39 is 0 Å². The third-order valence-corrected chi connectivity index (χ3v) is 4.45. The van der Waals surface area contributed by atoms with Crippen molar-refractivity contribution in [1.29, 1.82) is 0 Å². The van der Waals surface area contributed by atoms with Crippen LogP contribution in [0.25, 0.3) is 0 Å². The van der Waals surface area contributed by atoms with Crippen molar-refractivity contribution in [2.45, 2.75) is 70.4 Å². The highest BCUT2D eigenvalue weighted by molar-refractivity contribution is 4.96. The maximum atomic E-state index is 6.13. The van der Waals surface area contributed by atoms with Gasteiger partial charge in [-0.05, 0) is 51.5 Å². The Balaban J connectivity index is 2.03. The van der Waals surface area contributed by atoms with E-state index in [1.807, 2.05) is 0 Å². The van der Waals surface area contributed by atoms with Crippen LogP contribution in [0, 0.1) is 5.92 Å². The van der Waals surface area contributed by atoms with Crippen LogP contribution >= 0.6 is 0 Å². The van der Waals surface area contributed by atoms with Gasteiger partial charge in [0.15, 0.2) is 0 Å². The van der Waals surface area contributed by atoms with Crippen LogP contribution in [-0.2, 0) is 4.74 Å². The molecule has 1 aliphatic heterocycles. The standard InChI is InChI=1S/C14H27NO/c1-3-15-13(12-8-4-5-9-12)14(2)10-6-7-11-16-14/h12-13,15H,3-11H2,1-2H3. The van der Waals surface area contributed by atoms with E-state index in [1.165, 1.54) is 44.9 Å². The van der Waals surface area contributed by atoms with E-state index in [0.717, 1.165) is 19.1 Å². The van der Waals surface area contributed by atoms with Crippen LogP contribution < -0.4 is 5.32 Å². The quantitative estimate of drug-likeness (QED) is 0.794. The fourth-order valence-electron chi connectivity index (χ4n) is 3.59. The summed E-state index contributed by atoms with van der Waals surface area (Å²) in [5, 5.41) is 3.71. The minimum Gasteiger partial charge on any atom is -0.374 e. The van der Waals surface area contributed by atoms with E-state index in [0.29, 0.717) is 6.04 Å². The summed E-state index contributed by atoms with van der Waals surface area (Å²) < 4.78 is 6.13. The Morgan fingerprint density at radius 2 is 2.00 bits per heavy atom. The number of nitrogens with one attached hydrogen (secondary N) is 1. The summed E-state index contributed by atoms with van der Waals surface area (Å²) >= 11 is 0. The number of likely N-dealkylation sites (N-methyl/N-ethyl adjacent to an activating group) is 1. The van der Waals surface area contributed by atoms with E-state index in [4.69, 9.17) is 4.74 Å². The molecule has 1 saturated carbocycles. The van der Waals surface area contributed by atoms with Crippen LogP contribution in [0.15, 0.2) is 0 Å². The van der Waals surface area contributed by atoms with Crippen molar-refractivity contribution in [2.75, 3.05) is 13.2 Å². The molecule has 94 valence electrons. The Hall–Kier alpha value is -0.0800. The van der Waals surface area contributed by atoms with Crippen molar-refractivity contribution >= 4 is 0 Å². The van der Waals surface area contributed by atoms with Crippen molar-refractivity contribution < 1.29 is 4.74 Å². The van der Waals surface area contributed by atoms with Gasteiger partial charge in [0.25, 0.3) is 0 Å². The highest BCUT2D eigenvalue weighted by atomic mass is 16.5. The number of rotatable bonds is 4. The molecule has 0 spiro atoms. The van der Waals surface area contributed by atoms with Gasteiger partial charge in [-0.15, -0.1) is 0 Å². The van der Waals surface area contributed by atoms with Crippen molar-refractivity contribution in [3.05, 3.63) is 0 Å². The average molecular weight is 225 g/mol. The van der Waals surface area contributed by atoms with Gasteiger partial charge >= 0.3 is 0 Å². The Morgan fingerprint density at radius 3 is 2.56 bits per heavy atom. The lowest BCUT2D eigenvalue weighted by Crippen LogP contribution is -2.55. The first-order chi connectivity index (χ1) is 7.76. The van der Waals surface area contributed by atoms with Crippen LogP contribution in [-0.4, -0.2) is 24.8 Å². The van der Waals surface area contributed by atoms with E-state index >= 15 is 0 Å². The second kappa shape index (κ2) is 5.50. The van der Waals surface area contributed by atoms with Crippen LogP contribution in [0.3, 0.4) is 0 Å². The van der Waals surface area contributed by atoms with E-state index in [2.05, 4.69) is 19.2 Å². The lowest BCUT2D eigenvalue weighted by molar-refractivity contribution is -0.0996. The van der Waals surface area contributed by atoms with Crippen molar-refractivity contribution in [2.24, 2.45) is 5.92 Å². The lowest BCUT2D eigenvalue weighted by atomic mass is 9.80. The molecule has 2 aliphatic rings. The summed E-state index contributed by atoms with van der Waals surface area (Å²) in [7, 11) is 0. The Kier molecular flexibility index (Phi) is 4.26. The van der Waals surface area contributed by atoms with Gasteiger partial charge in [-0.25, -0.2) is 0 Å². The molecule has 1 N–H and O–H groups in total. The second-order valence-corrected chi connectivity index (χ2v) is 5.70. The number of hydrogen-bond donors (Lipinski definition) is 1. The van der Waals surface area contributed by atoms with Crippen molar-refractivity contribution in [3.63, 3.8) is 0 Å². The van der Waals surface area contributed by atoms with Gasteiger partial charge in [0.1, 0.15) is 0 Å². The van der Waals surface area contributed by atoms with Gasteiger partial charge in [-0.2, -0.15) is 0 Å².